The highest BCUT2D eigenvalue weighted by Crippen LogP contribution is 2.66. The van der Waals surface area contributed by atoms with E-state index in [1.165, 1.54) is 24.8 Å². The van der Waals surface area contributed by atoms with Crippen molar-refractivity contribution in [3.05, 3.63) is 11.6 Å². The lowest BCUT2D eigenvalue weighted by molar-refractivity contribution is -0.134. The Hall–Kier alpha value is -1.12. The SMILES string of the molecule is CC(C)(C)NC(=O)[C@H]1CCC2C3CCC4=CC(=O)CC[C@]4(C)C3CC[C@@]21C. The molecule has 27 heavy (non-hydrogen) atoms. The Bertz CT molecular complexity index is 687. The number of nitrogens with one attached hydrogen (secondary N) is 1. The molecule has 3 heteroatoms. The van der Waals surface area contributed by atoms with Crippen LogP contribution >= 0.6 is 0 Å². The van der Waals surface area contributed by atoms with Crippen LogP contribution in [0.1, 0.15) is 86.0 Å². The van der Waals surface area contributed by atoms with Crippen LogP contribution in [0, 0.1) is 34.5 Å². The van der Waals surface area contributed by atoms with Crippen LogP contribution in [0.25, 0.3) is 0 Å². The molecule has 0 bridgehead atoms. The highest BCUT2D eigenvalue weighted by Gasteiger charge is 2.60. The quantitative estimate of drug-likeness (QED) is 0.701. The Morgan fingerprint density at radius 3 is 2.48 bits per heavy atom. The monoisotopic (exact) mass is 371 g/mol. The van der Waals surface area contributed by atoms with Gasteiger partial charge in [0.15, 0.2) is 5.78 Å². The molecule has 6 atom stereocenters. The third-order valence-corrected chi connectivity index (χ3v) is 8.78. The fourth-order valence-corrected chi connectivity index (χ4v) is 7.45. The molecule has 1 amide bonds. The molecule has 3 nitrogen and oxygen atoms in total. The van der Waals surface area contributed by atoms with Crippen molar-refractivity contribution in [1.82, 2.24) is 5.32 Å². The molecule has 150 valence electrons. The van der Waals surface area contributed by atoms with Gasteiger partial charge in [-0.15, -0.1) is 0 Å². The van der Waals surface area contributed by atoms with Gasteiger partial charge in [0.25, 0.3) is 0 Å². The van der Waals surface area contributed by atoms with Crippen molar-refractivity contribution in [2.45, 2.75) is 91.5 Å². The Morgan fingerprint density at radius 2 is 1.78 bits per heavy atom. The van der Waals surface area contributed by atoms with Crippen LogP contribution in [-0.2, 0) is 9.59 Å². The highest BCUT2D eigenvalue weighted by molar-refractivity contribution is 5.91. The summed E-state index contributed by atoms with van der Waals surface area (Å²) in [5, 5.41) is 3.26. The van der Waals surface area contributed by atoms with Gasteiger partial charge in [0.05, 0.1) is 0 Å². The summed E-state index contributed by atoms with van der Waals surface area (Å²) >= 11 is 0. The van der Waals surface area contributed by atoms with Gasteiger partial charge in [-0.05, 0) is 100 Å². The summed E-state index contributed by atoms with van der Waals surface area (Å²) in [5.74, 6) is 2.88. The normalized spacial score (nSPS) is 44.0. The summed E-state index contributed by atoms with van der Waals surface area (Å²) in [6.45, 7) is 11.1. The van der Waals surface area contributed by atoms with Crippen molar-refractivity contribution in [3.8, 4) is 0 Å². The Labute approximate surface area is 164 Å². The van der Waals surface area contributed by atoms with Gasteiger partial charge < -0.3 is 5.32 Å². The van der Waals surface area contributed by atoms with E-state index in [0.717, 1.165) is 38.0 Å². The molecular formula is C24H37NO2. The average Bonchev–Trinajstić information content (AvgIpc) is 2.91. The van der Waals surface area contributed by atoms with Gasteiger partial charge in [0.1, 0.15) is 0 Å². The molecule has 3 saturated carbocycles. The van der Waals surface area contributed by atoms with Crippen molar-refractivity contribution in [1.29, 1.82) is 0 Å². The molecule has 0 heterocycles. The number of amides is 1. The van der Waals surface area contributed by atoms with E-state index in [-0.39, 0.29) is 28.2 Å². The molecule has 0 spiro atoms. The van der Waals surface area contributed by atoms with Crippen LogP contribution < -0.4 is 5.32 Å². The van der Waals surface area contributed by atoms with Crippen LogP contribution in [-0.4, -0.2) is 17.2 Å². The number of rotatable bonds is 1. The molecule has 3 unspecified atom stereocenters. The van der Waals surface area contributed by atoms with E-state index in [1.807, 2.05) is 6.08 Å². The van der Waals surface area contributed by atoms with E-state index in [2.05, 4.69) is 39.9 Å². The minimum absolute atomic E-state index is 0.151. The summed E-state index contributed by atoms with van der Waals surface area (Å²) in [6, 6.07) is 0. The molecule has 0 aromatic carbocycles. The van der Waals surface area contributed by atoms with Crippen LogP contribution in [0.4, 0.5) is 0 Å². The maximum atomic E-state index is 13.1. The van der Waals surface area contributed by atoms with Gasteiger partial charge in [-0.2, -0.15) is 0 Å². The zero-order valence-corrected chi connectivity index (χ0v) is 17.9. The predicted molar refractivity (Wildman–Crippen MR) is 108 cm³/mol. The molecule has 3 fully saturated rings. The first-order valence-corrected chi connectivity index (χ1v) is 11.1. The van der Waals surface area contributed by atoms with Crippen molar-refractivity contribution in [3.63, 3.8) is 0 Å². The lowest BCUT2D eigenvalue weighted by Crippen LogP contribution is -2.53. The molecular weight excluding hydrogens is 334 g/mol. The molecule has 4 rings (SSSR count). The van der Waals surface area contributed by atoms with Gasteiger partial charge in [-0.1, -0.05) is 19.4 Å². The maximum absolute atomic E-state index is 13.1. The third kappa shape index (κ3) is 3.00. The molecule has 1 N–H and O–H groups in total. The summed E-state index contributed by atoms with van der Waals surface area (Å²) in [6.07, 6.45) is 10.7. The summed E-state index contributed by atoms with van der Waals surface area (Å²) < 4.78 is 0. The first-order chi connectivity index (χ1) is 12.5. The largest absolute Gasteiger partial charge is 0.351 e. The van der Waals surface area contributed by atoms with Crippen LogP contribution in [0.5, 0.6) is 0 Å². The van der Waals surface area contributed by atoms with E-state index in [4.69, 9.17) is 0 Å². The molecule has 4 aliphatic carbocycles. The van der Waals surface area contributed by atoms with Crippen LogP contribution in [0.3, 0.4) is 0 Å². The first-order valence-electron chi connectivity index (χ1n) is 11.1. The van der Waals surface area contributed by atoms with Crippen molar-refractivity contribution < 1.29 is 9.59 Å². The number of ketones is 1. The smallest absolute Gasteiger partial charge is 0.224 e. The van der Waals surface area contributed by atoms with Crippen molar-refractivity contribution in [2.24, 2.45) is 34.5 Å². The van der Waals surface area contributed by atoms with Crippen LogP contribution in [0.2, 0.25) is 0 Å². The fraction of sp³-hybridized carbons (Fsp3) is 0.833. The van der Waals surface area contributed by atoms with Gasteiger partial charge in [0, 0.05) is 17.9 Å². The number of allylic oxidation sites excluding steroid dienone is 1. The van der Waals surface area contributed by atoms with E-state index in [9.17, 15) is 9.59 Å². The number of carbonyl (C=O) groups excluding carboxylic acids is 2. The number of hydrogen-bond acceptors (Lipinski definition) is 2. The predicted octanol–water partition coefficient (Wildman–Crippen LogP) is 5.05. The second-order valence-corrected chi connectivity index (χ2v) is 11.4. The Kier molecular flexibility index (Phi) is 4.40. The second-order valence-electron chi connectivity index (χ2n) is 11.4. The topological polar surface area (TPSA) is 46.2 Å². The zero-order chi connectivity index (χ0) is 19.6. The second kappa shape index (κ2) is 6.19. The molecule has 0 radical (unpaired) electrons. The summed E-state index contributed by atoms with van der Waals surface area (Å²) in [4.78, 5) is 25.0. The first kappa shape index (κ1) is 19.2. The highest BCUT2D eigenvalue weighted by atomic mass is 16.2. The zero-order valence-electron chi connectivity index (χ0n) is 17.9. The lowest BCUT2D eigenvalue weighted by Gasteiger charge is -2.58. The van der Waals surface area contributed by atoms with Gasteiger partial charge >= 0.3 is 0 Å². The van der Waals surface area contributed by atoms with E-state index < -0.39 is 0 Å². The lowest BCUT2D eigenvalue weighted by atomic mass is 9.47. The maximum Gasteiger partial charge on any atom is 0.224 e. The fourth-order valence-electron chi connectivity index (χ4n) is 7.45. The molecule has 0 aliphatic heterocycles. The molecule has 0 aromatic rings. The standard InChI is InChI=1S/C24H37NO2/c1-22(2,3)25-21(27)20-9-8-18-17-7-6-15-14-16(26)10-12-23(15,4)19(17)11-13-24(18,20)5/h14,17-20H,6-13H2,1-5H3,(H,25,27)/t17?,18?,19?,20-,23+,24+/m1/s1. The van der Waals surface area contributed by atoms with Gasteiger partial charge in [-0.3, -0.25) is 9.59 Å². The number of hydrogen-bond donors (Lipinski definition) is 1. The Morgan fingerprint density at radius 1 is 1.04 bits per heavy atom. The summed E-state index contributed by atoms with van der Waals surface area (Å²) in [5.41, 5.74) is 1.65. The molecule has 0 saturated heterocycles. The van der Waals surface area contributed by atoms with E-state index in [0.29, 0.717) is 17.6 Å². The van der Waals surface area contributed by atoms with E-state index in [1.54, 1.807) is 0 Å². The van der Waals surface area contributed by atoms with Crippen molar-refractivity contribution in [2.75, 3.05) is 0 Å². The third-order valence-electron chi connectivity index (χ3n) is 8.78. The molecule has 4 aliphatic rings. The minimum Gasteiger partial charge on any atom is -0.351 e. The minimum atomic E-state index is -0.157. The number of fused-ring (bicyclic) bond motifs is 5. The van der Waals surface area contributed by atoms with Crippen LogP contribution in [0.15, 0.2) is 11.6 Å². The Balaban J connectivity index is 1.58. The van der Waals surface area contributed by atoms with E-state index >= 15 is 0 Å². The summed E-state index contributed by atoms with van der Waals surface area (Å²) in [7, 11) is 0. The number of carbonyl (C=O) groups is 2. The van der Waals surface area contributed by atoms with Gasteiger partial charge in [0.2, 0.25) is 5.91 Å². The van der Waals surface area contributed by atoms with Crippen molar-refractivity contribution >= 4 is 11.7 Å². The molecule has 0 aromatic heterocycles. The average molecular weight is 372 g/mol. The van der Waals surface area contributed by atoms with Gasteiger partial charge in [-0.25, -0.2) is 0 Å².